The lowest BCUT2D eigenvalue weighted by molar-refractivity contribution is 0.0636. The summed E-state index contributed by atoms with van der Waals surface area (Å²) in [6.07, 6.45) is 0.564. The van der Waals surface area contributed by atoms with Crippen LogP contribution in [0, 0.1) is 0 Å². The molecule has 0 bridgehead atoms. The number of rotatable bonds is 2. The maximum Gasteiger partial charge on any atom is 0.412 e. The molecule has 1 aromatic carbocycles. The van der Waals surface area contributed by atoms with Gasteiger partial charge in [0.1, 0.15) is 18.0 Å². The van der Waals surface area contributed by atoms with Crippen molar-refractivity contribution in [2.45, 2.75) is 51.8 Å². The van der Waals surface area contributed by atoms with Gasteiger partial charge in [-0.05, 0) is 46.2 Å². The highest BCUT2D eigenvalue weighted by Crippen LogP contribution is 2.38. The predicted octanol–water partition coefficient (Wildman–Crippen LogP) is 3.41. The first-order valence-corrected chi connectivity index (χ1v) is 8.46. The van der Waals surface area contributed by atoms with E-state index in [4.69, 9.17) is 14.2 Å². The van der Waals surface area contributed by atoms with E-state index >= 15 is 0 Å². The van der Waals surface area contributed by atoms with E-state index in [1.807, 2.05) is 39.0 Å². The molecule has 1 amide bonds. The van der Waals surface area contributed by atoms with Gasteiger partial charge in [-0.1, -0.05) is 0 Å². The van der Waals surface area contributed by atoms with Crippen molar-refractivity contribution >= 4 is 17.5 Å². The van der Waals surface area contributed by atoms with Gasteiger partial charge in [0.15, 0.2) is 0 Å². The number of fused-ring (bicyclic) bond motifs is 1. The summed E-state index contributed by atoms with van der Waals surface area (Å²) in [4.78, 5) is 14.3. The number of carbonyl (C=O) groups is 1. The standard InChI is InChI=1S/C18H26N2O4/c1-12-10-23-16-9-13(19-17(21)24-18(2,3)4)5-6-15(16)20(12)14-7-8-22-11-14/h5-6,9,12,14H,7-8,10-11H2,1-4H3,(H,19,21). The molecule has 1 N–H and O–H groups in total. The molecule has 0 aliphatic carbocycles. The fourth-order valence-corrected chi connectivity index (χ4v) is 3.17. The van der Waals surface area contributed by atoms with Gasteiger partial charge in [0.25, 0.3) is 0 Å². The molecule has 1 saturated heterocycles. The zero-order valence-corrected chi connectivity index (χ0v) is 14.8. The molecule has 2 heterocycles. The van der Waals surface area contributed by atoms with Crippen LogP contribution in [0.15, 0.2) is 18.2 Å². The van der Waals surface area contributed by atoms with E-state index in [1.54, 1.807) is 0 Å². The van der Waals surface area contributed by atoms with Gasteiger partial charge in [-0.15, -0.1) is 0 Å². The minimum atomic E-state index is -0.524. The van der Waals surface area contributed by atoms with Crippen molar-refractivity contribution in [3.05, 3.63) is 18.2 Å². The van der Waals surface area contributed by atoms with Crippen LogP contribution in [0.1, 0.15) is 34.1 Å². The van der Waals surface area contributed by atoms with Crippen LogP contribution in [-0.2, 0) is 9.47 Å². The Bertz CT molecular complexity index is 606. The second kappa shape index (κ2) is 6.51. The summed E-state index contributed by atoms with van der Waals surface area (Å²) in [6.45, 7) is 9.86. The van der Waals surface area contributed by atoms with Crippen LogP contribution in [0.3, 0.4) is 0 Å². The van der Waals surface area contributed by atoms with E-state index in [1.165, 1.54) is 0 Å². The predicted molar refractivity (Wildman–Crippen MR) is 93.0 cm³/mol. The summed E-state index contributed by atoms with van der Waals surface area (Å²) in [5.41, 5.74) is 1.20. The molecule has 2 aliphatic heterocycles. The molecule has 2 aliphatic rings. The average molecular weight is 334 g/mol. The van der Waals surface area contributed by atoms with Crippen LogP contribution in [-0.4, -0.2) is 43.6 Å². The Balaban J connectivity index is 1.77. The quantitative estimate of drug-likeness (QED) is 0.898. The molecular weight excluding hydrogens is 308 g/mol. The third-order valence-corrected chi connectivity index (χ3v) is 4.14. The van der Waals surface area contributed by atoms with Crippen molar-refractivity contribution in [3.63, 3.8) is 0 Å². The lowest BCUT2D eigenvalue weighted by Crippen LogP contribution is -2.47. The Morgan fingerprint density at radius 1 is 1.33 bits per heavy atom. The summed E-state index contributed by atoms with van der Waals surface area (Å²) >= 11 is 0. The fraction of sp³-hybridized carbons (Fsp3) is 0.611. The van der Waals surface area contributed by atoms with E-state index in [-0.39, 0.29) is 0 Å². The molecule has 3 rings (SSSR count). The summed E-state index contributed by atoms with van der Waals surface area (Å²) in [5.74, 6) is 0.786. The Hall–Kier alpha value is -1.95. The first-order valence-electron chi connectivity index (χ1n) is 8.46. The molecule has 6 heteroatoms. The largest absolute Gasteiger partial charge is 0.489 e. The monoisotopic (exact) mass is 334 g/mol. The maximum atomic E-state index is 11.9. The van der Waals surface area contributed by atoms with E-state index in [0.29, 0.717) is 24.4 Å². The van der Waals surface area contributed by atoms with Crippen molar-refractivity contribution < 1.29 is 19.0 Å². The van der Waals surface area contributed by atoms with Gasteiger partial charge in [-0.25, -0.2) is 4.79 Å². The number of nitrogens with one attached hydrogen (secondary N) is 1. The third kappa shape index (κ3) is 3.75. The van der Waals surface area contributed by atoms with Crippen LogP contribution in [0.5, 0.6) is 5.75 Å². The number of hydrogen-bond acceptors (Lipinski definition) is 5. The van der Waals surface area contributed by atoms with Crippen LogP contribution < -0.4 is 15.0 Å². The summed E-state index contributed by atoms with van der Waals surface area (Å²) in [7, 11) is 0. The summed E-state index contributed by atoms with van der Waals surface area (Å²) in [5, 5.41) is 2.76. The highest BCUT2D eigenvalue weighted by Gasteiger charge is 2.32. The number of benzene rings is 1. The molecule has 0 saturated carbocycles. The topological polar surface area (TPSA) is 60.0 Å². The SMILES string of the molecule is CC1COc2cc(NC(=O)OC(C)(C)C)ccc2N1C1CCOC1. The van der Waals surface area contributed by atoms with Crippen LogP contribution >= 0.6 is 0 Å². The van der Waals surface area contributed by atoms with E-state index in [0.717, 1.165) is 31.1 Å². The normalized spacial score (nSPS) is 23.4. The number of nitrogens with zero attached hydrogens (tertiary/aromatic N) is 1. The lowest BCUT2D eigenvalue weighted by Gasteiger charge is -2.40. The van der Waals surface area contributed by atoms with Crippen LogP contribution in [0.25, 0.3) is 0 Å². The number of ether oxygens (including phenoxy) is 3. The molecule has 2 atom stereocenters. The number of anilines is 2. The van der Waals surface area contributed by atoms with Gasteiger partial charge in [0, 0.05) is 18.4 Å². The smallest absolute Gasteiger partial charge is 0.412 e. The molecule has 0 radical (unpaired) electrons. The van der Waals surface area contributed by atoms with Crippen LogP contribution in [0.4, 0.5) is 16.2 Å². The molecule has 1 aromatic rings. The van der Waals surface area contributed by atoms with Gasteiger partial charge in [0.2, 0.25) is 0 Å². The number of hydrogen-bond donors (Lipinski definition) is 1. The Labute approximate surface area is 143 Å². The minimum absolute atomic E-state index is 0.300. The minimum Gasteiger partial charge on any atom is -0.489 e. The second-order valence-corrected chi connectivity index (χ2v) is 7.39. The lowest BCUT2D eigenvalue weighted by atomic mass is 10.1. The molecule has 1 fully saturated rings. The van der Waals surface area contributed by atoms with Crippen molar-refractivity contribution in [3.8, 4) is 5.75 Å². The molecule has 0 spiro atoms. The maximum absolute atomic E-state index is 11.9. The van der Waals surface area contributed by atoms with Crippen molar-refractivity contribution in [2.24, 2.45) is 0 Å². The van der Waals surface area contributed by atoms with Crippen LogP contribution in [0.2, 0.25) is 0 Å². The van der Waals surface area contributed by atoms with Gasteiger partial charge < -0.3 is 19.1 Å². The Morgan fingerprint density at radius 2 is 2.12 bits per heavy atom. The first-order chi connectivity index (χ1) is 11.3. The zero-order valence-electron chi connectivity index (χ0n) is 14.8. The van der Waals surface area contributed by atoms with Gasteiger partial charge >= 0.3 is 6.09 Å². The fourth-order valence-electron chi connectivity index (χ4n) is 3.17. The number of amides is 1. The highest BCUT2D eigenvalue weighted by atomic mass is 16.6. The van der Waals surface area contributed by atoms with Gasteiger partial charge in [-0.2, -0.15) is 0 Å². The number of carbonyl (C=O) groups excluding carboxylic acids is 1. The molecule has 0 aromatic heterocycles. The summed E-state index contributed by atoms with van der Waals surface area (Å²) < 4.78 is 16.7. The zero-order chi connectivity index (χ0) is 17.3. The molecular formula is C18H26N2O4. The molecule has 6 nitrogen and oxygen atoms in total. The van der Waals surface area contributed by atoms with E-state index < -0.39 is 11.7 Å². The molecule has 24 heavy (non-hydrogen) atoms. The van der Waals surface area contributed by atoms with Crippen molar-refractivity contribution in [1.29, 1.82) is 0 Å². The Kier molecular flexibility index (Phi) is 4.58. The highest BCUT2D eigenvalue weighted by molar-refractivity contribution is 5.86. The Morgan fingerprint density at radius 3 is 2.79 bits per heavy atom. The van der Waals surface area contributed by atoms with E-state index in [2.05, 4.69) is 17.1 Å². The third-order valence-electron chi connectivity index (χ3n) is 4.14. The summed E-state index contributed by atoms with van der Waals surface area (Å²) in [6, 6.07) is 6.41. The second-order valence-electron chi connectivity index (χ2n) is 7.39. The van der Waals surface area contributed by atoms with Gasteiger partial charge in [0.05, 0.1) is 24.4 Å². The van der Waals surface area contributed by atoms with Crippen molar-refractivity contribution in [2.75, 3.05) is 30.0 Å². The molecule has 2 unspecified atom stereocenters. The first kappa shape index (κ1) is 16.9. The van der Waals surface area contributed by atoms with Crippen molar-refractivity contribution in [1.82, 2.24) is 0 Å². The van der Waals surface area contributed by atoms with E-state index in [9.17, 15) is 4.79 Å². The molecule has 132 valence electrons. The van der Waals surface area contributed by atoms with Gasteiger partial charge in [-0.3, -0.25) is 5.32 Å². The average Bonchev–Trinajstić information content (AvgIpc) is 2.99.